The highest BCUT2D eigenvalue weighted by Gasteiger charge is 2.28. The largest absolute Gasteiger partial charge is 0.334 e. The van der Waals surface area contributed by atoms with Crippen molar-refractivity contribution in [1.82, 2.24) is 4.90 Å². The first-order valence-electron chi connectivity index (χ1n) is 6.60. The minimum Gasteiger partial charge on any atom is -0.334 e. The Hall–Kier alpha value is -1.49. The Kier molecular flexibility index (Phi) is 4.47. The van der Waals surface area contributed by atoms with E-state index in [0.29, 0.717) is 13.1 Å². The van der Waals surface area contributed by atoms with Crippen molar-refractivity contribution in [1.29, 1.82) is 0 Å². The van der Waals surface area contributed by atoms with Crippen LogP contribution in [0, 0.1) is 11.6 Å². The van der Waals surface area contributed by atoms with E-state index >= 15 is 0 Å². The zero-order valence-corrected chi connectivity index (χ0v) is 10.7. The molecule has 2 N–H and O–H groups in total. The average Bonchev–Trinajstić information content (AvgIpc) is 2.92. The molecule has 1 aromatic rings. The van der Waals surface area contributed by atoms with Gasteiger partial charge >= 0.3 is 0 Å². The van der Waals surface area contributed by atoms with E-state index < -0.39 is 17.5 Å². The monoisotopic (exact) mass is 268 g/mol. The van der Waals surface area contributed by atoms with Crippen molar-refractivity contribution in [3.05, 3.63) is 35.4 Å². The Bertz CT molecular complexity index is 459. The lowest BCUT2D eigenvalue weighted by Crippen LogP contribution is -2.42. The standard InChI is InChI=1S/C14H18F2N2O/c15-12-7-3-6-11(13(12)16)14(19)18(9-8-17)10-4-1-2-5-10/h3,6-7,10H,1-2,4-5,8-9,17H2. The van der Waals surface area contributed by atoms with Crippen LogP contribution in [0.4, 0.5) is 8.78 Å². The zero-order valence-electron chi connectivity index (χ0n) is 10.7. The quantitative estimate of drug-likeness (QED) is 0.910. The van der Waals surface area contributed by atoms with Gasteiger partial charge in [-0.15, -0.1) is 0 Å². The highest BCUT2D eigenvalue weighted by molar-refractivity contribution is 5.94. The van der Waals surface area contributed by atoms with E-state index in [2.05, 4.69) is 0 Å². The Morgan fingerprint density at radius 2 is 2.00 bits per heavy atom. The van der Waals surface area contributed by atoms with Crippen molar-refractivity contribution in [2.45, 2.75) is 31.7 Å². The van der Waals surface area contributed by atoms with Gasteiger partial charge < -0.3 is 10.6 Å². The third kappa shape index (κ3) is 2.92. The third-order valence-electron chi connectivity index (χ3n) is 3.58. The molecule has 0 saturated heterocycles. The van der Waals surface area contributed by atoms with Crippen LogP contribution in [0.2, 0.25) is 0 Å². The first kappa shape index (κ1) is 13.9. The van der Waals surface area contributed by atoms with Crippen LogP contribution in [0.3, 0.4) is 0 Å². The summed E-state index contributed by atoms with van der Waals surface area (Å²) in [6.07, 6.45) is 3.93. The predicted molar refractivity (Wildman–Crippen MR) is 68.7 cm³/mol. The van der Waals surface area contributed by atoms with Gasteiger partial charge in [-0.1, -0.05) is 18.9 Å². The molecule has 0 aliphatic heterocycles. The van der Waals surface area contributed by atoms with Gasteiger partial charge in [-0.3, -0.25) is 4.79 Å². The van der Waals surface area contributed by atoms with Gasteiger partial charge in [0.05, 0.1) is 5.56 Å². The Morgan fingerprint density at radius 3 is 2.63 bits per heavy atom. The van der Waals surface area contributed by atoms with Crippen molar-refractivity contribution in [3.63, 3.8) is 0 Å². The fourth-order valence-corrected chi connectivity index (χ4v) is 2.63. The molecule has 1 aromatic carbocycles. The maximum absolute atomic E-state index is 13.7. The Balaban J connectivity index is 2.25. The molecule has 1 amide bonds. The molecule has 5 heteroatoms. The number of nitrogens with two attached hydrogens (primary N) is 1. The molecule has 2 rings (SSSR count). The van der Waals surface area contributed by atoms with E-state index in [9.17, 15) is 13.6 Å². The summed E-state index contributed by atoms with van der Waals surface area (Å²) < 4.78 is 26.9. The summed E-state index contributed by atoms with van der Waals surface area (Å²) in [5.41, 5.74) is 5.31. The lowest BCUT2D eigenvalue weighted by molar-refractivity contribution is 0.0682. The van der Waals surface area contributed by atoms with Gasteiger partial charge in [-0.05, 0) is 25.0 Å². The highest BCUT2D eigenvalue weighted by Crippen LogP contribution is 2.25. The van der Waals surface area contributed by atoms with E-state index in [0.717, 1.165) is 31.7 Å². The molecule has 1 saturated carbocycles. The van der Waals surface area contributed by atoms with Gasteiger partial charge in [0, 0.05) is 19.1 Å². The van der Waals surface area contributed by atoms with Gasteiger partial charge in [-0.25, -0.2) is 8.78 Å². The SMILES string of the molecule is NCCN(C(=O)c1cccc(F)c1F)C1CCCC1. The van der Waals surface area contributed by atoms with Crippen LogP contribution in [0.25, 0.3) is 0 Å². The molecular weight excluding hydrogens is 250 g/mol. The van der Waals surface area contributed by atoms with Crippen LogP contribution in [0.15, 0.2) is 18.2 Å². The normalized spacial score (nSPS) is 15.7. The van der Waals surface area contributed by atoms with Crippen molar-refractivity contribution in [2.24, 2.45) is 5.73 Å². The Labute approximate surface area is 111 Å². The number of rotatable bonds is 4. The molecule has 0 heterocycles. The summed E-state index contributed by atoms with van der Waals surface area (Å²) in [4.78, 5) is 13.9. The van der Waals surface area contributed by atoms with E-state index in [4.69, 9.17) is 5.73 Å². The van der Waals surface area contributed by atoms with Crippen LogP contribution in [0.1, 0.15) is 36.0 Å². The van der Waals surface area contributed by atoms with Crippen LogP contribution in [-0.2, 0) is 0 Å². The molecule has 1 aliphatic carbocycles. The van der Waals surface area contributed by atoms with E-state index in [1.54, 1.807) is 4.90 Å². The number of nitrogens with zero attached hydrogens (tertiary/aromatic N) is 1. The molecule has 1 fully saturated rings. The Morgan fingerprint density at radius 1 is 1.32 bits per heavy atom. The van der Waals surface area contributed by atoms with Crippen molar-refractivity contribution < 1.29 is 13.6 Å². The first-order valence-corrected chi connectivity index (χ1v) is 6.60. The molecular formula is C14H18F2N2O. The number of halogens is 2. The minimum atomic E-state index is -1.08. The van der Waals surface area contributed by atoms with Gasteiger partial charge in [0.25, 0.3) is 5.91 Å². The lowest BCUT2D eigenvalue weighted by Gasteiger charge is -2.28. The van der Waals surface area contributed by atoms with Crippen molar-refractivity contribution in [2.75, 3.05) is 13.1 Å². The van der Waals surface area contributed by atoms with Crippen LogP contribution >= 0.6 is 0 Å². The molecule has 0 bridgehead atoms. The number of hydrogen-bond acceptors (Lipinski definition) is 2. The lowest BCUT2D eigenvalue weighted by atomic mass is 10.1. The molecule has 19 heavy (non-hydrogen) atoms. The maximum Gasteiger partial charge on any atom is 0.257 e. The van der Waals surface area contributed by atoms with Crippen LogP contribution in [0.5, 0.6) is 0 Å². The molecule has 104 valence electrons. The van der Waals surface area contributed by atoms with Gasteiger partial charge in [0.15, 0.2) is 11.6 Å². The second-order valence-corrected chi connectivity index (χ2v) is 4.83. The van der Waals surface area contributed by atoms with Gasteiger partial charge in [0.1, 0.15) is 0 Å². The second-order valence-electron chi connectivity index (χ2n) is 4.83. The van der Waals surface area contributed by atoms with E-state index in [1.807, 2.05) is 0 Å². The van der Waals surface area contributed by atoms with Gasteiger partial charge in [-0.2, -0.15) is 0 Å². The number of amides is 1. The smallest absolute Gasteiger partial charge is 0.257 e. The molecule has 0 atom stereocenters. The maximum atomic E-state index is 13.7. The fraction of sp³-hybridized carbons (Fsp3) is 0.500. The van der Waals surface area contributed by atoms with Crippen LogP contribution < -0.4 is 5.73 Å². The fourth-order valence-electron chi connectivity index (χ4n) is 2.63. The number of carbonyl (C=O) groups excluding carboxylic acids is 1. The van der Waals surface area contributed by atoms with Crippen LogP contribution in [-0.4, -0.2) is 29.9 Å². The van der Waals surface area contributed by atoms with E-state index in [1.165, 1.54) is 12.1 Å². The summed E-state index contributed by atoms with van der Waals surface area (Å²) in [6.45, 7) is 0.693. The topological polar surface area (TPSA) is 46.3 Å². The molecule has 0 unspecified atom stereocenters. The van der Waals surface area contributed by atoms with Crippen molar-refractivity contribution >= 4 is 5.91 Å². The van der Waals surface area contributed by atoms with E-state index in [-0.39, 0.29) is 11.6 Å². The second kappa shape index (κ2) is 6.10. The number of carbonyl (C=O) groups is 1. The van der Waals surface area contributed by atoms with Gasteiger partial charge in [0.2, 0.25) is 0 Å². The summed E-state index contributed by atoms with van der Waals surface area (Å²) >= 11 is 0. The first-order chi connectivity index (χ1) is 9.15. The van der Waals surface area contributed by atoms with Crippen molar-refractivity contribution in [3.8, 4) is 0 Å². The predicted octanol–water partition coefficient (Wildman–Crippen LogP) is 2.31. The molecule has 0 spiro atoms. The highest BCUT2D eigenvalue weighted by atomic mass is 19.2. The summed E-state index contributed by atoms with van der Waals surface area (Å²) in [7, 11) is 0. The molecule has 1 aliphatic rings. The average molecular weight is 268 g/mol. The number of benzene rings is 1. The molecule has 0 aromatic heterocycles. The third-order valence-corrected chi connectivity index (χ3v) is 3.58. The summed E-state index contributed by atoms with van der Waals surface area (Å²) in [5, 5.41) is 0. The zero-order chi connectivity index (χ0) is 13.8. The summed E-state index contributed by atoms with van der Waals surface area (Å²) in [5.74, 6) is -2.54. The minimum absolute atomic E-state index is 0.0960. The molecule has 3 nitrogen and oxygen atoms in total. The number of hydrogen-bond donors (Lipinski definition) is 1. The molecule has 0 radical (unpaired) electrons. The summed E-state index contributed by atoms with van der Waals surface area (Å²) in [6, 6.07) is 3.77.